The highest BCUT2D eigenvalue weighted by Crippen LogP contribution is 2.27. The SMILES string of the molecule is Cc1cnc(C(C)Nc2nc(C(C)(C)C)ns2)s1. The van der Waals surface area contributed by atoms with E-state index >= 15 is 0 Å². The molecule has 0 amide bonds. The van der Waals surface area contributed by atoms with E-state index in [1.807, 2.05) is 6.20 Å². The zero-order valence-electron chi connectivity index (χ0n) is 11.3. The molecule has 2 rings (SSSR count). The van der Waals surface area contributed by atoms with E-state index in [2.05, 4.69) is 54.3 Å². The van der Waals surface area contributed by atoms with E-state index in [0.717, 1.165) is 16.0 Å². The minimum Gasteiger partial charge on any atom is -0.351 e. The molecule has 0 aliphatic rings. The maximum atomic E-state index is 4.53. The molecule has 0 spiro atoms. The number of hydrogen-bond donors (Lipinski definition) is 1. The van der Waals surface area contributed by atoms with Gasteiger partial charge in [0.1, 0.15) is 10.8 Å². The molecule has 0 radical (unpaired) electrons. The minimum atomic E-state index is -0.00254. The molecule has 0 saturated heterocycles. The van der Waals surface area contributed by atoms with Gasteiger partial charge in [-0.05, 0) is 13.8 Å². The zero-order valence-corrected chi connectivity index (χ0v) is 12.9. The second kappa shape index (κ2) is 4.93. The molecule has 0 aromatic carbocycles. The topological polar surface area (TPSA) is 50.7 Å². The second-order valence-electron chi connectivity index (χ2n) is 5.35. The third-order valence-corrected chi connectivity index (χ3v) is 4.19. The average Bonchev–Trinajstić information content (AvgIpc) is 2.85. The van der Waals surface area contributed by atoms with Gasteiger partial charge in [-0.3, -0.25) is 0 Å². The maximum Gasteiger partial charge on any atom is 0.203 e. The number of hydrogen-bond acceptors (Lipinski definition) is 6. The van der Waals surface area contributed by atoms with Crippen molar-refractivity contribution < 1.29 is 0 Å². The summed E-state index contributed by atoms with van der Waals surface area (Å²) in [5.41, 5.74) is -0.00254. The van der Waals surface area contributed by atoms with Gasteiger partial charge in [-0.1, -0.05) is 20.8 Å². The van der Waals surface area contributed by atoms with Gasteiger partial charge in [0.05, 0.1) is 6.04 Å². The van der Waals surface area contributed by atoms with Crippen molar-refractivity contribution in [2.24, 2.45) is 0 Å². The first-order valence-electron chi connectivity index (χ1n) is 5.89. The highest BCUT2D eigenvalue weighted by atomic mass is 32.1. The fourth-order valence-electron chi connectivity index (χ4n) is 1.41. The first-order chi connectivity index (χ1) is 8.36. The molecule has 0 saturated carbocycles. The normalized spacial score (nSPS) is 13.6. The first kappa shape index (κ1) is 13.4. The summed E-state index contributed by atoms with van der Waals surface area (Å²) in [6.45, 7) is 10.5. The van der Waals surface area contributed by atoms with Gasteiger partial charge >= 0.3 is 0 Å². The van der Waals surface area contributed by atoms with Crippen molar-refractivity contribution in [2.45, 2.75) is 46.1 Å². The van der Waals surface area contributed by atoms with Crippen molar-refractivity contribution in [3.05, 3.63) is 21.9 Å². The van der Waals surface area contributed by atoms with E-state index in [0.29, 0.717) is 0 Å². The molecule has 2 aromatic heterocycles. The first-order valence-corrected chi connectivity index (χ1v) is 7.48. The molecular formula is C12H18N4S2. The van der Waals surface area contributed by atoms with Crippen LogP contribution in [0.15, 0.2) is 6.20 Å². The maximum absolute atomic E-state index is 4.53. The molecule has 0 bridgehead atoms. The highest BCUT2D eigenvalue weighted by Gasteiger charge is 2.20. The fraction of sp³-hybridized carbons (Fsp3) is 0.583. The largest absolute Gasteiger partial charge is 0.351 e. The summed E-state index contributed by atoms with van der Waals surface area (Å²) in [6, 6.07) is 0.171. The Morgan fingerprint density at radius 1 is 1.33 bits per heavy atom. The van der Waals surface area contributed by atoms with Crippen LogP contribution in [0, 0.1) is 6.92 Å². The van der Waals surface area contributed by atoms with E-state index in [1.54, 1.807) is 11.3 Å². The Labute approximate surface area is 116 Å². The number of anilines is 1. The quantitative estimate of drug-likeness (QED) is 0.931. The van der Waals surface area contributed by atoms with Gasteiger partial charge in [0.25, 0.3) is 0 Å². The summed E-state index contributed by atoms with van der Waals surface area (Å²) in [4.78, 5) is 10.1. The van der Waals surface area contributed by atoms with Gasteiger partial charge in [0.2, 0.25) is 5.13 Å². The lowest BCUT2D eigenvalue weighted by Gasteiger charge is -2.12. The number of aromatic nitrogens is 3. The fourth-order valence-corrected chi connectivity index (χ4v) is 3.03. The summed E-state index contributed by atoms with van der Waals surface area (Å²) in [6.07, 6.45) is 1.90. The van der Waals surface area contributed by atoms with E-state index < -0.39 is 0 Å². The van der Waals surface area contributed by atoms with Gasteiger partial charge in [-0.15, -0.1) is 11.3 Å². The van der Waals surface area contributed by atoms with E-state index in [9.17, 15) is 0 Å². The molecular weight excluding hydrogens is 264 g/mol. The van der Waals surface area contributed by atoms with Crippen LogP contribution in [0.25, 0.3) is 0 Å². The number of rotatable bonds is 3. The summed E-state index contributed by atoms with van der Waals surface area (Å²) >= 11 is 3.12. The Morgan fingerprint density at radius 2 is 2.06 bits per heavy atom. The lowest BCUT2D eigenvalue weighted by atomic mass is 9.96. The van der Waals surface area contributed by atoms with Crippen molar-refractivity contribution >= 4 is 28.0 Å². The molecule has 6 heteroatoms. The van der Waals surface area contributed by atoms with E-state index in [1.165, 1.54) is 16.4 Å². The van der Waals surface area contributed by atoms with Gasteiger partial charge < -0.3 is 5.32 Å². The van der Waals surface area contributed by atoms with Crippen molar-refractivity contribution in [2.75, 3.05) is 5.32 Å². The minimum absolute atomic E-state index is 0.00254. The molecule has 2 aromatic rings. The van der Waals surface area contributed by atoms with Crippen LogP contribution in [0.5, 0.6) is 0 Å². The molecule has 98 valence electrons. The molecule has 0 aliphatic carbocycles. The molecule has 1 atom stereocenters. The average molecular weight is 282 g/mol. The predicted molar refractivity (Wildman–Crippen MR) is 77.5 cm³/mol. The van der Waals surface area contributed by atoms with Gasteiger partial charge in [-0.25, -0.2) is 9.97 Å². The standard InChI is InChI=1S/C12H18N4S2/c1-7-6-13-9(17-7)8(2)14-11-15-10(16-18-11)12(3,4)5/h6,8H,1-5H3,(H,14,15,16). The van der Waals surface area contributed by atoms with Crippen LogP contribution in [-0.4, -0.2) is 14.3 Å². The summed E-state index contributed by atoms with van der Waals surface area (Å²) < 4.78 is 4.39. The van der Waals surface area contributed by atoms with E-state index in [-0.39, 0.29) is 11.5 Å². The smallest absolute Gasteiger partial charge is 0.203 e. The molecule has 0 aliphatic heterocycles. The van der Waals surface area contributed by atoms with Gasteiger partial charge in [0, 0.05) is 28.0 Å². The Bertz CT molecular complexity index is 524. The third-order valence-electron chi connectivity index (χ3n) is 2.45. The second-order valence-corrected chi connectivity index (χ2v) is 7.37. The number of thiazole rings is 1. The van der Waals surface area contributed by atoms with Crippen molar-refractivity contribution in [3.63, 3.8) is 0 Å². The Hall–Kier alpha value is -1.01. The van der Waals surface area contributed by atoms with Crippen molar-refractivity contribution in [1.82, 2.24) is 14.3 Å². The van der Waals surface area contributed by atoms with Gasteiger partial charge in [0.15, 0.2) is 0 Å². The zero-order chi connectivity index (χ0) is 13.3. The molecule has 4 nitrogen and oxygen atoms in total. The predicted octanol–water partition coefficient (Wildman–Crippen LogP) is 3.77. The van der Waals surface area contributed by atoms with Crippen LogP contribution in [0.4, 0.5) is 5.13 Å². The number of nitrogens with one attached hydrogen (secondary N) is 1. The van der Waals surface area contributed by atoms with Crippen molar-refractivity contribution in [3.8, 4) is 0 Å². The van der Waals surface area contributed by atoms with Crippen molar-refractivity contribution in [1.29, 1.82) is 0 Å². The van der Waals surface area contributed by atoms with Crippen LogP contribution in [0.2, 0.25) is 0 Å². The van der Waals surface area contributed by atoms with Crippen LogP contribution >= 0.6 is 22.9 Å². The molecule has 0 fully saturated rings. The number of aryl methyl sites for hydroxylation is 1. The summed E-state index contributed by atoms with van der Waals surface area (Å²) in [5.74, 6) is 0.887. The third kappa shape index (κ3) is 3.05. The molecule has 2 heterocycles. The summed E-state index contributed by atoms with van der Waals surface area (Å²) in [5, 5.41) is 5.30. The Kier molecular flexibility index (Phi) is 3.68. The highest BCUT2D eigenvalue weighted by molar-refractivity contribution is 7.11. The Balaban J connectivity index is 2.08. The van der Waals surface area contributed by atoms with Crippen LogP contribution in [0.1, 0.15) is 49.4 Å². The van der Waals surface area contributed by atoms with E-state index in [4.69, 9.17) is 0 Å². The van der Waals surface area contributed by atoms with Gasteiger partial charge in [-0.2, -0.15) is 4.37 Å². The van der Waals surface area contributed by atoms with Crippen LogP contribution in [0.3, 0.4) is 0 Å². The van der Waals surface area contributed by atoms with Crippen LogP contribution < -0.4 is 5.32 Å². The lowest BCUT2D eigenvalue weighted by molar-refractivity contribution is 0.555. The molecule has 1 N–H and O–H groups in total. The molecule has 1 unspecified atom stereocenters. The number of nitrogens with zero attached hydrogens (tertiary/aromatic N) is 3. The Morgan fingerprint density at radius 3 is 2.56 bits per heavy atom. The monoisotopic (exact) mass is 282 g/mol. The van der Waals surface area contributed by atoms with Crippen LogP contribution in [-0.2, 0) is 5.41 Å². The summed E-state index contributed by atoms with van der Waals surface area (Å²) in [7, 11) is 0. The lowest BCUT2D eigenvalue weighted by Crippen LogP contribution is -2.13. The molecule has 18 heavy (non-hydrogen) atoms.